The van der Waals surface area contributed by atoms with Gasteiger partial charge in [-0.3, -0.25) is 9.36 Å². The molecule has 0 aliphatic carbocycles. The van der Waals surface area contributed by atoms with E-state index in [0.717, 1.165) is 5.56 Å². The molecule has 0 amide bonds. The highest BCUT2D eigenvalue weighted by molar-refractivity contribution is 5.73. The minimum atomic E-state index is -0.896. The summed E-state index contributed by atoms with van der Waals surface area (Å²) in [5.41, 5.74) is 2.72. The smallest absolute Gasteiger partial charge is 0.420 e. The van der Waals surface area contributed by atoms with E-state index in [0.29, 0.717) is 23.2 Å². The molecule has 0 unspecified atom stereocenters. The number of hydrogen-bond acceptors (Lipinski definition) is 3. The van der Waals surface area contributed by atoms with Gasteiger partial charge in [0.1, 0.15) is 0 Å². The third kappa shape index (κ3) is 2.58. The molecule has 0 bridgehead atoms. The van der Waals surface area contributed by atoms with Crippen LogP contribution in [0.2, 0.25) is 0 Å². The molecule has 106 valence electrons. The number of aliphatic carboxylic acids is 1. The molecule has 0 saturated heterocycles. The van der Waals surface area contributed by atoms with Crippen LogP contribution in [0.4, 0.5) is 0 Å². The summed E-state index contributed by atoms with van der Waals surface area (Å²) in [6, 6.07) is 14.4. The number of carbonyl (C=O) groups is 1. The first-order valence-electron chi connectivity index (χ1n) is 6.52. The number of carboxylic acids is 1. The number of hydrogen-bond donors (Lipinski definition) is 1. The molecule has 0 atom stereocenters. The molecular weight excluding hydrogens is 270 g/mol. The van der Waals surface area contributed by atoms with Gasteiger partial charge in [0.05, 0.1) is 18.5 Å². The quantitative estimate of drug-likeness (QED) is 0.797. The van der Waals surface area contributed by atoms with Gasteiger partial charge in [0, 0.05) is 0 Å². The average Bonchev–Trinajstić information content (AvgIpc) is 2.77. The predicted molar refractivity (Wildman–Crippen MR) is 77.4 cm³/mol. The van der Waals surface area contributed by atoms with Gasteiger partial charge in [0.15, 0.2) is 5.58 Å². The van der Waals surface area contributed by atoms with Crippen LogP contribution in [0.1, 0.15) is 11.1 Å². The zero-order chi connectivity index (χ0) is 14.8. The lowest BCUT2D eigenvalue weighted by molar-refractivity contribution is -0.136. The van der Waals surface area contributed by atoms with Crippen molar-refractivity contribution in [3.8, 4) is 0 Å². The van der Waals surface area contributed by atoms with Crippen molar-refractivity contribution in [2.75, 3.05) is 0 Å². The van der Waals surface area contributed by atoms with Crippen LogP contribution in [-0.4, -0.2) is 15.6 Å². The number of oxazole rings is 1. The van der Waals surface area contributed by atoms with Crippen LogP contribution in [-0.2, 0) is 17.8 Å². The van der Waals surface area contributed by atoms with Crippen molar-refractivity contribution >= 4 is 17.1 Å². The maximum Gasteiger partial charge on any atom is 0.420 e. The second-order valence-corrected chi connectivity index (χ2v) is 4.76. The monoisotopic (exact) mass is 283 g/mol. The molecule has 0 saturated carbocycles. The van der Waals surface area contributed by atoms with Crippen LogP contribution in [0.15, 0.2) is 57.7 Å². The first kappa shape index (κ1) is 13.2. The maximum absolute atomic E-state index is 12.0. The van der Waals surface area contributed by atoms with Crippen molar-refractivity contribution in [2.45, 2.75) is 13.0 Å². The molecule has 1 aromatic heterocycles. The molecule has 5 nitrogen and oxygen atoms in total. The van der Waals surface area contributed by atoms with Crippen LogP contribution in [0.3, 0.4) is 0 Å². The fourth-order valence-corrected chi connectivity index (χ4v) is 2.38. The van der Waals surface area contributed by atoms with Crippen molar-refractivity contribution in [2.24, 2.45) is 0 Å². The van der Waals surface area contributed by atoms with Crippen LogP contribution in [0.5, 0.6) is 0 Å². The van der Waals surface area contributed by atoms with E-state index in [9.17, 15) is 9.59 Å². The number of rotatable bonds is 4. The molecule has 0 fully saturated rings. The number of fused-ring (bicyclic) bond motifs is 1. The molecule has 0 aliphatic heterocycles. The molecule has 2 aromatic carbocycles. The minimum Gasteiger partial charge on any atom is -0.481 e. The van der Waals surface area contributed by atoms with Gasteiger partial charge in [-0.25, -0.2) is 4.79 Å². The topological polar surface area (TPSA) is 72.4 Å². The molecule has 0 spiro atoms. The van der Waals surface area contributed by atoms with Gasteiger partial charge in [0.2, 0.25) is 0 Å². The Hall–Kier alpha value is -2.82. The molecular formula is C16H13NO4. The molecule has 1 heterocycles. The fourth-order valence-electron chi connectivity index (χ4n) is 2.38. The summed E-state index contributed by atoms with van der Waals surface area (Å²) in [6.07, 6.45) is -0.0687. The van der Waals surface area contributed by atoms with Gasteiger partial charge in [-0.05, 0) is 23.3 Å². The first-order chi connectivity index (χ1) is 10.1. The highest BCUT2D eigenvalue weighted by Crippen LogP contribution is 2.16. The van der Waals surface area contributed by atoms with Gasteiger partial charge in [-0.2, -0.15) is 0 Å². The lowest BCUT2D eigenvalue weighted by Crippen LogP contribution is -2.16. The van der Waals surface area contributed by atoms with E-state index >= 15 is 0 Å². The van der Waals surface area contributed by atoms with Gasteiger partial charge in [-0.1, -0.05) is 36.4 Å². The van der Waals surface area contributed by atoms with Crippen LogP contribution in [0.25, 0.3) is 11.1 Å². The van der Waals surface area contributed by atoms with Crippen molar-refractivity contribution in [1.82, 2.24) is 4.57 Å². The Bertz CT molecular complexity index is 860. The van der Waals surface area contributed by atoms with E-state index in [1.165, 1.54) is 4.57 Å². The van der Waals surface area contributed by atoms with E-state index < -0.39 is 11.7 Å². The number of aromatic nitrogens is 1. The van der Waals surface area contributed by atoms with Crippen LogP contribution >= 0.6 is 0 Å². The standard InChI is InChI=1S/C16H13NO4/c18-15(19)9-11-5-1-2-6-12(11)10-17-13-7-3-4-8-14(13)21-16(17)20/h1-8H,9-10H2,(H,18,19). The summed E-state index contributed by atoms with van der Waals surface area (Å²) in [5, 5.41) is 8.96. The largest absolute Gasteiger partial charge is 0.481 e. The first-order valence-corrected chi connectivity index (χ1v) is 6.52. The summed E-state index contributed by atoms with van der Waals surface area (Å²) in [4.78, 5) is 22.9. The summed E-state index contributed by atoms with van der Waals surface area (Å²) < 4.78 is 6.69. The number of nitrogens with zero attached hydrogens (tertiary/aromatic N) is 1. The molecule has 0 radical (unpaired) electrons. The molecule has 0 aliphatic rings. The number of benzene rings is 2. The predicted octanol–water partition coefficient (Wildman–Crippen LogP) is 2.27. The van der Waals surface area contributed by atoms with Gasteiger partial charge >= 0.3 is 11.7 Å². The Labute approximate surface area is 120 Å². The van der Waals surface area contributed by atoms with Crippen molar-refractivity contribution in [3.05, 3.63) is 70.2 Å². The van der Waals surface area contributed by atoms with Crippen molar-refractivity contribution < 1.29 is 14.3 Å². The Morgan fingerprint density at radius 2 is 1.71 bits per heavy atom. The van der Waals surface area contributed by atoms with Gasteiger partial charge in [0.25, 0.3) is 0 Å². The summed E-state index contributed by atoms with van der Waals surface area (Å²) in [5.74, 6) is -1.34. The molecule has 3 aromatic rings. The minimum absolute atomic E-state index is 0.0687. The average molecular weight is 283 g/mol. The Morgan fingerprint density at radius 3 is 2.48 bits per heavy atom. The lowest BCUT2D eigenvalue weighted by atomic mass is 10.0. The molecule has 1 N–H and O–H groups in total. The van der Waals surface area contributed by atoms with Gasteiger partial charge < -0.3 is 9.52 Å². The van der Waals surface area contributed by atoms with Crippen LogP contribution < -0.4 is 5.76 Å². The molecule has 3 rings (SSSR count). The fraction of sp³-hybridized carbons (Fsp3) is 0.125. The van der Waals surface area contributed by atoms with E-state index in [4.69, 9.17) is 9.52 Å². The van der Waals surface area contributed by atoms with Crippen LogP contribution in [0, 0.1) is 0 Å². The van der Waals surface area contributed by atoms with Gasteiger partial charge in [-0.15, -0.1) is 0 Å². The Kier molecular flexibility index (Phi) is 3.31. The number of para-hydroxylation sites is 2. The third-order valence-corrected chi connectivity index (χ3v) is 3.36. The SMILES string of the molecule is O=C(O)Cc1ccccc1Cn1c(=O)oc2ccccc21. The zero-order valence-electron chi connectivity index (χ0n) is 11.2. The highest BCUT2D eigenvalue weighted by Gasteiger charge is 2.12. The second-order valence-electron chi connectivity index (χ2n) is 4.76. The summed E-state index contributed by atoms with van der Waals surface area (Å²) in [7, 11) is 0. The third-order valence-electron chi connectivity index (χ3n) is 3.36. The normalized spacial score (nSPS) is 10.9. The summed E-state index contributed by atoms with van der Waals surface area (Å²) in [6.45, 7) is 0.291. The lowest BCUT2D eigenvalue weighted by Gasteiger charge is -2.08. The Morgan fingerprint density at radius 1 is 1.05 bits per heavy atom. The number of carboxylic acid groups (broad SMARTS) is 1. The zero-order valence-corrected chi connectivity index (χ0v) is 11.2. The maximum atomic E-state index is 12.0. The molecule has 21 heavy (non-hydrogen) atoms. The van der Waals surface area contributed by atoms with E-state index in [2.05, 4.69) is 0 Å². The van der Waals surface area contributed by atoms with E-state index in [1.807, 2.05) is 18.2 Å². The second kappa shape index (κ2) is 5.28. The highest BCUT2D eigenvalue weighted by atomic mass is 16.4. The summed E-state index contributed by atoms with van der Waals surface area (Å²) >= 11 is 0. The van der Waals surface area contributed by atoms with E-state index in [-0.39, 0.29) is 6.42 Å². The molecule has 5 heteroatoms. The van der Waals surface area contributed by atoms with Crippen molar-refractivity contribution in [3.63, 3.8) is 0 Å². The Balaban J connectivity index is 2.05. The van der Waals surface area contributed by atoms with Crippen molar-refractivity contribution in [1.29, 1.82) is 0 Å². The van der Waals surface area contributed by atoms with E-state index in [1.54, 1.807) is 30.3 Å².